The van der Waals surface area contributed by atoms with Gasteiger partial charge in [0.2, 0.25) is 0 Å². The average Bonchev–Trinajstić information content (AvgIpc) is 2.74. The molecule has 4 nitrogen and oxygen atoms in total. The van der Waals surface area contributed by atoms with Gasteiger partial charge >= 0.3 is 7.12 Å². The summed E-state index contributed by atoms with van der Waals surface area (Å²) in [6.45, 7) is 8.25. The molecule has 0 N–H and O–H groups in total. The summed E-state index contributed by atoms with van der Waals surface area (Å²) in [5.74, 6) is 0. The fourth-order valence-electron chi connectivity index (χ4n) is 2.28. The minimum atomic E-state index is -0.323. The Hall–Kier alpha value is -1.33. The maximum absolute atomic E-state index is 6.05. The molecule has 1 aliphatic heterocycles. The molecule has 0 bridgehead atoms. The maximum Gasteiger partial charge on any atom is 0.494 e. The van der Waals surface area contributed by atoms with E-state index < -0.39 is 0 Å². The summed E-state index contributed by atoms with van der Waals surface area (Å²) in [5, 5.41) is 5.55. The number of aryl methyl sites for hydroxylation is 1. The second-order valence-electron chi connectivity index (χ2n) is 6.21. The number of aromatic nitrogens is 2. The van der Waals surface area contributed by atoms with E-state index in [-0.39, 0.29) is 18.3 Å². The topological polar surface area (TPSA) is 36.3 Å². The van der Waals surface area contributed by atoms with Gasteiger partial charge in [-0.05, 0) is 39.2 Å². The standard InChI is InChI=1S/C14H19BN2O2/c1-13(2)14(3,4)19-15(18-13)11-7-6-10-9-17(5)16-12(10)8-11/h6-9H,1-5H3. The number of nitrogens with zero attached hydrogens (tertiary/aromatic N) is 2. The van der Waals surface area contributed by atoms with Crippen molar-refractivity contribution in [2.45, 2.75) is 38.9 Å². The summed E-state index contributed by atoms with van der Waals surface area (Å²) in [5.41, 5.74) is 1.37. The van der Waals surface area contributed by atoms with Crippen LogP contribution in [0.3, 0.4) is 0 Å². The predicted octanol–water partition coefficient (Wildman–Crippen LogP) is 1.87. The van der Waals surface area contributed by atoms with E-state index >= 15 is 0 Å². The van der Waals surface area contributed by atoms with E-state index in [4.69, 9.17) is 9.31 Å². The molecule has 1 aromatic heterocycles. The molecule has 3 rings (SSSR count). The number of hydrogen-bond acceptors (Lipinski definition) is 3. The zero-order chi connectivity index (χ0) is 13.8. The molecule has 1 aromatic carbocycles. The highest BCUT2D eigenvalue weighted by Gasteiger charge is 2.51. The van der Waals surface area contributed by atoms with Crippen molar-refractivity contribution in [3.05, 3.63) is 24.4 Å². The highest BCUT2D eigenvalue weighted by atomic mass is 16.7. The quantitative estimate of drug-likeness (QED) is 0.733. The fourth-order valence-corrected chi connectivity index (χ4v) is 2.28. The van der Waals surface area contributed by atoms with Crippen LogP contribution in [0.1, 0.15) is 27.7 Å². The largest absolute Gasteiger partial charge is 0.494 e. The lowest BCUT2D eigenvalue weighted by atomic mass is 9.79. The zero-order valence-corrected chi connectivity index (χ0v) is 12.1. The second kappa shape index (κ2) is 3.84. The molecule has 5 heteroatoms. The van der Waals surface area contributed by atoms with Crippen molar-refractivity contribution in [1.29, 1.82) is 0 Å². The van der Waals surface area contributed by atoms with Crippen LogP contribution < -0.4 is 5.46 Å². The Labute approximate surface area is 113 Å². The number of rotatable bonds is 1. The Morgan fingerprint density at radius 2 is 1.74 bits per heavy atom. The van der Waals surface area contributed by atoms with Crippen molar-refractivity contribution in [1.82, 2.24) is 9.78 Å². The third-order valence-corrected chi connectivity index (χ3v) is 4.17. The van der Waals surface area contributed by atoms with Gasteiger partial charge in [-0.1, -0.05) is 12.1 Å². The number of fused-ring (bicyclic) bond motifs is 1. The van der Waals surface area contributed by atoms with Crippen molar-refractivity contribution >= 4 is 23.5 Å². The van der Waals surface area contributed by atoms with E-state index in [0.29, 0.717) is 0 Å². The summed E-state index contributed by atoms with van der Waals surface area (Å²) >= 11 is 0. The van der Waals surface area contributed by atoms with E-state index in [0.717, 1.165) is 16.4 Å². The monoisotopic (exact) mass is 258 g/mol. The van der Waals surface area contributed by atoms with Crippen molar-refractivity contribution in [3.8, 4) is 0 Å². The van der Waals surface area contributed by atoms with Gasteiger partial charge in [-0.2, -0.15) is 5.10 Å². The van der Waals surface area contributed by atoms with E-state index in [1.54, 1.807) is 0 Å². The van der Waals surface area contributed by atoms with Crippen molar-refractivity contribution < 1.29 is 9.31 Å². The van der Waals surface area contributed by atoms with Crippen LogP contribution in [0.25, 0.3) is 10.9 Å². The lowest BCUT2D eigenvalue weighted by Gasteiger charge is -2.32. The summed E-state index contributed by atoms with van der Waals surface area (Å²) in [6, 6.07) is 6.15. The van der Waals surface area contributed by atoms with Crippen LogP contribution in [-0.4, -0.2) is 28.1 Å². The summed E-state index contributed by atoms with van der Waals surface area (Å²) in [6.07, 6.45) is 2.00. The Balaban J connectivity index is 1.97. The molecule has 1 fully saturated rings. The van der Waals surface area contributed by atoms with E-state index in [2.05, 4.69) is 38.9 Å². The number of hydrogen-bond donors (Lipinski definition) is 0. The van der Waals surface area contributed by atoms with E-state index in [1.807, 2.05) is 30.1 Å². The fraction of sp³-hybridized carbons (Fsp3) is 0.500. The maximum atomic E-state index is 6.05. The molecule has 1 aliphatic rings. The van der Waals surface area contributed by atoms with Gasteiger partial charge in [0.15, 0.2) is 0 Å². The van der Waals surface area contributed by atoms with Crippen molar-refractivity contribution in [2.24, 2.45) is 7.05 Å². The van der Waals surface area contributed by atoms with Crippen LogP contribution in [0, 0.1) is 0 Å². The smallest absolute Gasteiger partial charge is 0.399 e. The van der Waals surface area contributed by atoms with Gasteiger partial charge in [0.1, 0.15) is 0 Å². The molecule has 0 saturated carbocycles. The van der Waals surface area contributed by atoms with Gasteiger partial charge in [0, 0.05) is 18.6 Å². The van der Waals surface area contributed by atoms with Crippen LogP contribution in [-0.2, 0) is 16.4 Å². The van der Waals surface area contributed by atoms with Crippen LogP contribution in [0.15, 0.2) is 24.4 Å². The first-order valence-electron chi connectivity index (χ1n) is 6.57. The van der Waals surface area contributed by atoms with Gasteiger partial charge in [-0.15, -0.1) is 0 Å². The molecule has 0 unspecified atom stereocenters. The molecular weight excluding hydrogens is 239 g/mol. The molecule has 0 aliphatic carbocycles. The Bertz CT molecular complexity index is 617. The molecule has 100 valence electrons. The van der Waals surface area contributed by atoms with Crippen LogP contribution >= 0.6 is 0 Å². The van der Waals surface area contributed by atoms with Gasteiger partial charge < -0.3 is 9.31 Å². The third-order valence-electron chi connectivity index (χ3n) is 4.17. The second-order valence-corrected chi connectivity index (χ2v) is 6.21. The Kier molecular flexibility index (Phi) is 2.56. The first-order chi connectivity index (χ1) is 8.78. The molecule has 0 spiro atoms. The normalized spacial score (nSPS) is 21.2. The highest BCUT2D eigenvalue weighted by molar-refractivity contribution is 6.62. The molecule has 19 heavy (non-hydrogen) atoms. The van der Waals surface area contributed by atoms with Gasteiger partial charge in [-0.25, -0.2) is 0 Å². The van der Waals surface area contributed by atoms with Crippen LogP contribution in [0.4, 0.5) is 0 Å². The first kappa shape index (κ1) is 12.7. The molecule has 0 radical (unpaired) electrons. The summed E-state index contributed by atoms with van der Waals surface area (Å²) < 4.78 is 13.9. The molecule has 2 heterocycles. The summed E-state index contributed by atoms with van der Waals surface area (Å²) in [7, 11) is 1.60. The summed E-state index contributed by atoms with van der Waals surface area (Å²) in [4.78, 5) is 0. The highest BCUT2D eigenvalue weighted by Crippen LogP contribution is 2.36. The molecule has 0 amide bonds. The lowest BCUT2D eigenvalue weighted by molar-refractivity contribution is 0.00578. The molecule has 2 aromatic rings. The number of benzene rings is 1. The Morgan fingerprint density at radius 3 is 2.37 bits per heavy atom. The van der Waals surface area contributed by atoms with Crippen molar-refractivity contribution in [3.63, 3.8) is 0 Å². The van der Waals surface area contributed by atoms with Crippen LogP contribution in [0.5, 0.6) is 0 Å². The molecule has 0 atom stereocenters. The van der Waals surface area contributed by atoms with Crippen molar-refractivity contribution in [2.75, 3.05) is 0 Å². The zero-order valence-electron chi connectivity index (χ0n) is 12.1. The van der Waals surface area contributed by atoms with Gasteiger partial charge in [0.05, 0.1) is 16.7 Å². The lowest BCUT2D eigenvalue weighted by Crippen LogP contribution is -2.41. The van der Waals surface area contributed by atoms with Gasteiger partial charge in [-0.3, -0.25) is 4.68 Å². The molecular formula is C14H19BN2O2. The first-order valence-corrected chi connectivity index (χ1v) is 6.57. The third kappa shape index (κ3) is 1.97. The van der Waals surface area contributed by atoms with E-state index in [9.17, 15) is 0 Å². The van der Waals surface area contributed by atoms with Gasteiger partial charge in [0.25, 0.3) is 0 Å². The van der Waals surface area contributed by atoms with E-state index in [1.165, 1.54) is 0 Å². The average molecular weight is 258 g/mol. The minimum Gasteiger partial charge on any atom is -0.399 e. The molecule has 1 saturated heterocycles. The minimum absolute atomic E-state index is 0.309. The SMILES string of the molecule is Cn1cc2ccc(B3OC(C)(C)C(C)(C)O3)cc2n1. The Morgan fingerprint density at radius 1 is 1.11 bits per heavy atom. The predicted molar refractivity (Wildman–Crippen MR) is 76.4 cm³/mol. The van der Waals surface area contributed by atoms with Crippen LogP contribution in [0.2, 0.25) is 0 Å².